The van der Waals surface area contributed by atoms with Crippen molar-refractivity contribution >= 4 is 5.91 Å². The predicted octanol–water partition coefficient (Wildman–Crippen LogP) is 1.81. The maximum absolute atomic E-state index is 12.2. The van der Waals surface area contributed by atoms with Gasteiger partial charge in [-0.15, -0.1) is 0 Å². The van der Waals surface area contributed by atoms with Gasteiger partial charge in [0.1, 0.15) is 11.9 Å². The van der Waals surface area contributed by atoms with Crippen molar-refractivity contribution in [3.63, 3.8) is 0 Å². The van der Waals surface area contributed by atoms with Gasteiger partial charge in [0.05, 0.1) is 13.2 Å². The SMILES string of the molecule is Cc1ccc2c(c1)CN(CCC(=O)NCCCN1CCOCC1)C[C@@H](C)O2. The first-order valence-electron chi connectivity index (χ1n) is 10.2. The zero-order valence-electron chi connectivity index (χ0n) is 16.7. The fraction of sp³-hybridized carbons (Fsp3) is 0.667. The fourth-order valence-corrected chi connectivity index (χ4v) is 3.74. The highest BCUT2D eigenvalue weighted by Gasteiger charge is 2.20. The Balaban J connectivity index is 1.37. The summed E-state index contributed by atoms with van der Waals surface area (Å²) < 4.78 is 11.4. The van der Waals surface area contributed by atoms with Crippen LogP contribution in [0.5, 0.6) is 5.75 Å². The number of nitrogens with one attached hydrogen (secondary N) is 1. The van der Waals surface area contributed by atoms with Gasteiger partial charge in [0.25, 0.3) is 0 Å². The molecule has 27 heavy (non-hydrogen) atoms. The van der Waals surface area contributed by atoms with Crippen LogP contribution in [-0.4, -0.2) is 74.3 Å². The number of hydrogen-bond acceptors (Lipinski definition) is 5. The number of carbonyl (C=O) groups excluding carboxylic acids is 1. The first-order chi connectivity index (χ1) is 13.1. The Labute approximate surface area is 162 Å². The zero-order chi connectivity index (χ0) is 19.1. The van der Waals surface area contributed by atoms with Crippen LogP contribution >= 0.6 is 0 Å². The van der Waals surface area contributed by atoms with Crippen LogP contribution in [0.2, 0.25) is 0 Å². The standard InChI is InChI=1S/C21H33N3O3/c1-17-4-5-20-19(14-17)16-24(15-18(2)27-20)9-6-21(25)22-7-3-8-23-10-12-26-13-11-23/h4-5,14,18H,3,6-13,15-16H2,1-2H3,(H,22,25)/t18-/m1/s1. The molecule has 150 valence electrons. The molecule has 0 aromatic heterocycles. The normalized spacial score (nSPS) is 21.2. The number of benzene rings is 1. The fourth-order valence-electron chi connectivity index (χ4n) is 3.74. The van der Waals surface area contributed by atoms with E-state index in [2.05, 4.69) is 47.2 Å². The number of aryl methyl sites for hydroxylation is 1. The molecule has 1 aromatic carbocycles. The number of hydrogen-bond donors (Lipinski definition) is 1. The first-order valence-corrected chi connectivity index (χ1v) is 10.2. The van der Waals surface area contributed by atoms with Crippen LogP contribution < -0.4 is 10.1 Å². The maximum Gasteiger partial charge on any atom is 0.221 e. The molecular weight excluding hydrogens is 342 g/mol. The highest BCUT2D eigenvalue weighted by molar-refractivity contribution is 5.76. The number of ether oxygens (including phenoxy) is 2. The Kier molecular flexibility index (Phi) is 7.50. The summed E-state index contributed by atoms with van der Waals surface area (Å²) in [6.07, 6.45) is 1.66. The molecule has 1 N–H and O–H groups in total. The molecule has 0 bridgehead atoms. The molecule has 2 aliphatic rings. The second-order valence-corrected chi connectivity index (χ2v) is 7.68. The average Bonchev–Trinajstić information content (AvgIpc) is 2.81. The Morgan fingerprint density at radius 1 is 1.22 bits per heavy atom. The minimum atomic E-state index is 0.130. The molecule has 1 aromatic rings. The van der Waals surface area contributed by atoms with E-state index in [1.165, 1.54) is 11.1 Å². The van der Waals surface area contributed by atoms with Crippen LogP contribution in [0.25, 0.3) is 0 Å². The molecular formula is C21H33N3O3. The van der Waals surface area contributed by atoms with Crippen molar-refractivity contribution in [3.05, 3.63) is 29.3 Å². The van der Waals surface area contributed by atoms with Crippen LogP contribution in [0.3, 0.4) is 0 Å². The molecule has 0 radical (unpaired) electrons. The van der Waals surface area contributed by atoms with Crippen molar-refractivity contribution in [1.29, 1.82) is 0 Å². The van der Waals surface area contributed by atoms with E-state index in [1.807, 2.05) is 0 Å². The Hall–Kier alpha value is -1.63. The molecule has 3 rings (SSSR count). The number of morpholine rings is 1. The summed E-state index contributed by atoms with van der Waals surface area (Å²) in [4.78, 5) is 16.9. The Morgan fingerprint density at radius 2 is 2.04 bits per heavy atom. The lowest BCUT2D eigenvalue weighted by Crippen LogP contribution is -2.38. The van der Waals surface area contributed by atoms with Crippen LogP contribution in [0.1, 0.15) is 30.9 Å². The predicted molar refractivity (Wildman–Crippen MR) is 106 cm³/mol. The molecule has 0 spiro atoms. The monoisotopic (exact) mass is 375 g/mol. The lowest BCUT2D eigenvalue weighted by Gasteiger charge is -2.26. The third-order valence-corrected chi connectivity index (χ3v) is 5.19. The van der Waals surface area contributed by atoms with Gasteiger partial charge < -0.3 is 14.8 Å². The molecule has 1 atom stereocenters. The van der Waals surface area contributed by atoms with Crippen molar-refractivity contribution in [2.24, 2.45) is 0 Å². The van der Waals surface area contributed by atoms with Crippen molar-refractivity contribution in [2.45, 2.75) is 39.3 Å². The quantitative estimate of drug-likeness (QED) is 0.737. The molecule has 1 fully saturated rings. The van der Waals surface area contributed by atoms with E-state index >= 15 is 0 Å². The molecule has 6 heteroatoms. The zero-order valence-corrected chi connectivity index (χ0v) is 16.7. The minimum Gasteiger partial charge on any atom is -0.489 e. The van der Waals surface area contributed by atoms with Gasteiger partial charge in [0.2, 0.25) is 5.91 Å². The summed E-state index contributed by atoms with van der Waals surface area (Å²) >= 11 is 0. The van der Waals surface area contributed by atoms with Crippen LogP contribution in [0.4, 0.5) is 0 Å². The molecule has 2 aliphatic heterocycles. The summed E-state index contributed by atoms with van der Waals surface area (Å²) in [7, 11) is 0. The number of fused-ring (bicyclic) bond motifs is 1. The first kappa shape index (κ1) is 20.1. The van der Waals surface area contributed by atoms with E-state index < -0.39 is 0 Å². The Morgan fingerprint density at radius 3 is 2.85 bits per heavy atom. The van der Waals surface area contributed by atoms with Crippen LogP contribution in [0.15, 0.2) is 18.2 Å². The second-order valence-electron chi connectivity index (χ2n) is 7.68. The number of nitrogens with zero attached hydrogens (tertiary/aromatic N) is 2. The van der Waals surface area contributed by atoms with Gasteiger partial charge in [0.15, 0.2) is 0 Å². The lowest BCUT2D eigenvalue weighted by molar-refractivity contribution is -0.121. The van der Waals surface area contributed by atoms with Crippen molar-refractivity contribution in [3.8, 4) is 5.75 Å². The van der Waals surface area contributed by atoms with Gasteiger partial charge in [-0.2, -0.15) is 0 Å². The molecule has 0 saturated carbocycles. The summed E-state index contributed by atoms with van der Waals surface area (Å²) in [6, 6.07) is 6.34. The minimum absolute atomic E-state index is 0.130. The third kappa shape index (κ3) is 6.48. The van der Waals surface area contributed by atoms with E-state index in [-0.39, 0.29) is 12.0 Å². The smallest absolute Gasteiger partial charge is 0.221 e. The van der Waals surface area contributed by atoms with Gasteiger partial charge in [-0.05, 0) is 32.9 Å². The topological polar surface area (TPSA) is 54.0 Å². The van der Waals surface area contributed by atoms with Gasteiger partial charge >= 0.3 is 0 Å². The van der Waals surface area contributed by atoms with Crippen molar-refractivity contribution in [1.82, 2.24) is 15.1 Å². The van der Waals surface area contributed by atoms with Gasteiger partial charge in [0, 0.05) is 51.3 Å². The van der Waals surface area contributed by atoms with Crippen molar-refractivity contribution < 1.29 is 14.3 Å². The second kappa shape index (κ2) is 10.1. The molecule has 2 heterocycles. The van der Waals surface area contributed by atoms with Gasteiger partial charge in [-0.3, -0.25) is 14.6 Å². The van der Waals surface area contributed by atoms with Crippen LogP contribution in [-0.2, 0) is 16.1 Å². The van der Waals surface area contributed by atoms with Gasteiger partial charge in [-0.1, -0.05) is 17.7 Å². The summed E-state index contributed by atoms with van der Waals surface area (Å²) in [6.45, 7) is 12.1. The van der Waals surface area contributed by atoms with E-state index in [0.29, 0.717) is 6.42 Å². The van der Waals surface area contributed by atoms with E-state index in [0.717, 1.165) is 71.2 Å². The highest BCUT2D eigenvalue weighted by Crippen LogP contribution is 2.26. The lowest BCUT2D eigenvalue weighted by atomic mass is 10.1. The molecule has 0 aliphatic carbocycles. The summed E-state index contributed by atoms with van der Waals surface area (Å²) in [5, 5.41) is 3.06. The highest BCUT2D eigenvalue weighted by atomic mass is 16.5. The van der Waals surface area contributed by atoms with E-state index in [9.17, 15) is 4.79 Å². The molecule has 1 amide bonds. The third-order valence-electron chi connectivity index (χ3n) is 5.19. The number of carbonyl (C=O) groups is 1. The van der Waals surface area contributed by atoms with E-state index in [1.54, 1.807) is 0 Å². The largest absolute Gasteiger partial charge is 0.489 e. The number of rotatable bonds is 7. The summed E-state index contributed by atoms with van der Waals surface area (Å²) in [5.41, 5.74) is 2.45. The molecule has 0 unspecified atom stereocenters. The Bertz CT molecular complexity index is 617. The van der Waals surface area contributed by atoms with Crippen LogP contribution in [0, 0.1) is 6.92 Å². The summed E-state index contributed by atoms with van der Waals surface area (Å²) in [5.74, 6) is 1.11. The molecule has 1 saturated heterocycles. The average molecular weight is 376 g/mol. The number of amides is 1. The van der Waals surface area contributed by atoms with E-state index in [4.69, 9.17) is 9.47 Å². The molecule has 6 nitrogen and oxygen atoms in total. The maximum atomic E-state index is 12.2. The van der Waals surface area contributed by atoms with Crippen molar-refractivity contribution in [2.75, 3.05) is 52.5 Å². The van der Waals surface area contributed by atoms with Gasteiger partial charge in [-0.25, -0.2) is 0 Å².